The molecule has 0 unspecified atom stereocenters. The Morgan fingerprint density at radius 1 is 0.537 bits per heavy atom. The fraction of sp³-hybridized carbons (Fsp3) is 0.0789. The highest BCUT2D eigenvalue weighted by molar-refractivity contribution is 5.92. The summed E-state index contributed by atoms with van der Waals surface area (Å²) in [6.45, 7) is 12.3. The molecule has 3 nitrogen and oxygen atoms in total. The third-order valence-electron chi connectivity index (χ3n) is 8.12. The third kappa shape index (κ3) is 4.22. The molecule has 7 rings (SSSR count). The predicted octanol–water partition coefficient (Wildman–Crippen LogP) is 10.0. The number of aromatic nitrogens is 2. The molecule has 0 aliphatic heterocycles. The molecule has 0 bridgehead atoms. The number of fused-ring (bicyclic) bond motifs is 3. The highest BCUT2D eigenvalue weighted by Crippen LogP contribution is 2.53. The van der Waals surface area contributed by atoms with Crippen molar-refractivity contribution in [1.82, 2.24) is 9.97 Å². The minimum absolute atomic E-state index is 0.144. The maximum absolute atomic E-state index is 7.80. The van der Waals surface area contributed by atoms with E-state index in [1.165, 1.54) is 11.1 Å². The topological polar surface area (TPSA) is 30.1 Å². The van der Waals surface area contributed by atoms with Crippen LogP contribution in [-0.2, 0) is 5.41 Å². The van der Waals surface area contributed by atoms with E-state index >= 15 is 0 Å². The molecule has 0 spiro atoms. The van der Waals surface area contributed by atoms with Crippen LogP contribution in [0.5, 0.6) is 0 Å². The summed E-state index contributed by atoms with van der Waals surface area (Å²) in [4.78, 5) is 13.8. The molecule has 0 fully saturated rings. The van der Waals surface area contributed by atoms with E-state index in [1.54, 1.807) is 0 Å². The maximum atomic E-state index is 7.80. The number of rotatable bonds is 4. The van der Waals surface area contributed by atoms with E-state index in [4.69, 9.17) is 16.5 Å². The lowest BCUT2D eigenvalue weighted by molar-refractivity contribution is 0.660. The van der Waals surface area contributed by atoms with Crippen LogP contribution in [0.2, 0.25) is 0 Å². The van der Waals surface area contributed by atoms with Gasteiger partial charge in [-0.05, 0) is 51.6 Å². The van der Waals surface area contributed by atoms with Crippen LogP contribution in [0.1, 0.15) is 25.0 Å². The molecule has 0 amide bonds. The average molecular weight is 526 g/mol. The van der Waals surface area contributed by atoms with E-state index in [2.05, 4.69) is 85.4 Å². The van der Waals surface area contributed by atoms with Gasteiger partial charge in [0.05, 0.1) is 18.0 Å². The highest BCUT2D eigenvalue weighted by atomic mass is 14.9. The Hall–Kier alpha value is -5.33. The number of benzene rings is 5. The summed E-state index contributed by atoms with van der Waals surface area (Å²) >= 11 is 0. The second-order valence-electron chi connectivity index (χ2n) is 11.0. The Kier molecular flexibility index (Phi) is 5.84. The summed E-state index contributed by atoms with van der Waals surface area (Å²) in [5.74, 6) is 0.704. The molecule has 3 heteroatoms. The SMILES string of the molecule is [C-]#[N+]c1cccc2c1-c1cc(-c3cccc(-c4cc(-c5ccccc5)nc(-c5ccccc5)n4)c3)ccc1C2(C)C. The fourth-order valence-electron chi connectivity index (χ4n) is 5.98. The van der Waals surface area contributed by atoms with Gasteiger partial charge in [0.25, 0.3) is 0 Å². The first-order chi connectivity index (χ1) is 20.0. The fourth-order valence-corrected chi connectivity index (χ4v) is 5.98. The smallest absolute Gasteiger partial charge is 0.195 e. The van der Waals surface area contributed by atoms with Crippen LogP contribution in [0.3, 0.4) is 0 Å². The number of nitrogens with zero attached hydrogens (tertiary/aromatic N) is 3. The zero-order chi connectivity index (χ0) is 28.0. The summed E-state index contributed by atoms with van der Waals surface area (Å²) in [7, 11) is 0. The summed E-state index contributed by atoms with van der Waals surface area (Å²) in [5.41, 5.74) is 12.3. The van der Waals surface area contributed by atoms with Crippen molar-refractivity contribution in [2.75, 3.05) is 0 Å². The molecular formula is C38H27N3. The Labute approximate surface area is 240 Å². The van der Waals surface area contributed by atoms with Crippen LogP contribution in [0.25, 0.3) is 61.0 Å². The van der Waals surface area contributed by atoms with Gasteiger partial charge in [0.15, 0.2) is 11.5 Å². The van der Waals surface area contributed by atoms with Crippen molar-refractivity contribution < 1.29 is 0 Å². The van der Waals surface area contributed by atoms with Crippen molar-refractivity contribution in [3.05, 3.63) is 150 Å². The van der Waals surface area contributed by atoms with Crippen LogP contribution in [-0.4, -0.2) is 9.97 Å². The van der Waals surface area contributed by atoms with Gasteiger partial charge >= 0.3 is 0 Å². The van der Waals surface area contributed by atoms with Crippen LogP contribution in [0, 0.1) is 6.57 Å². The van der Waals surface area contributed by atoms with Crippen molar-refractivity contribution >= 4 is 5.69 Å². The lowest BCUT2D eigenvalue weighted by Gasteiger charge is -2.21. The minimum Gasteiger partial charge on any atom is -0.238 e. The van der Waals surface area contributed by atoms with Gasteiger partial charge in [-0.3, -0.25) is 0 Å². The minimum atomic E-state index is -0.144. The van der Waals surface area contributed by atoms with Crippen molar-refractivity contribution in [1.29, 1.82) is 0 Å². The van der Waals surface area contributed by atoms with Gasteiger partial charge in [-0.2, -0.15) is 0 Å². The van der Waals surface area contributed by atoms with Crippen LogP contribution < -0.4 is 0 Å². The first kappa shape index (κ1) is 24.7. The first-order valence-corrected chi connectivity index (χ1v) is 13.8. The number of hydrogen-bond donors (Lipinski definition) is 0. The van der Waals surface area contributed by atoms with E-state index in [9.17, 15) is 0 Å². The van der Waals surface area contributed by atoms with Crippen LogP contribution >= 0.6 is 0 Å². The highest BCUT2D eigenvalue weighted by Gasteiger charge is 2.36. The molecule has 1 aliphatic rings. The predicted molar refractivity (Wildman–Crippen MR) is 168 cm³/mol. The lowest BCUT2D eigenvalue weighted by atomic mass is 9.82. The summed E-state index contributed by atoms with van der Waals surface area (Å²) in [6, 6.07) is 43.8. The molecule has 1 heterocycles. The van der Waals surface area contributed by atoms with E-state index < -0.39 is 0 Å². The van der Waals surface area contributed by atoms with Gasteiger partial charge in [0.1, 0.15) is 0 Å². The largest absolute Gasteiger partial charge is 0.238 e. The van der Waals surface area contributed by atoms with Crippen molar-refractivity contribution in [2.45, 2.75) is 19.3 Å². The van der Waals surface area contributed by atoms with Gasteiger partial charge in [-0.15, -0.1) is 0 Å². The second-order valence-corrected chi connectivity index (χ2v) is 11.0. The Balaban J connectivity index is 1.36. The molecule has 1 aliphatic carbocycles. The molecule has 0 atom stereocenters. The monoisotopic (exact) mass is 525 g/mol. The normalized spacial score (nSPS) is 12.8. The molecule has 6 aromatic rings. The first-order valence-electron chi connectivity index (χ1n) is 13.8. The van der Waals surface area contributed by atoms with E-state index in [0.717, 1.165) is 50.3 Å². The van der Waals surface area contributed by atoms with Crippen molar-refractivity contribution in [3.8, 4) is 56.2 Å². The van der Waals surface area contributed by atoms with Gasteiger partial charge in [-0.25, -0.2) is 14.8 Å². The zero-order valence-electron chi connectivity index (χ0n) is 23.0. The van der Waals surface area contributed by atoms with Crippen LogP contribution in [0.15, 0.2) is 127 Å². The van der Waals surface area contributed by atoms with E-state index in [1.807, 2.05) is 60.7 Å². The Bertz CT molecular complexity index is 1910. The van der Waals surface area contributed by atoms with Crippen molar-refractivity contribution in [3.63, 3.8) is 0 Å². The van der Waals surface area contributed by atoms with Gasteiger partial charge < -0.3 is 0 Å². The van der Waals surface area contributed by atoms with Gasteiger partial charge in [0, 0.05) is 22.1 Å². The molecule has 0 saturated carbocycles. The van der Waals surface area contributed by atoms with E-state index in [0.29, 0.717) is 11.5 Å². The molecular weight excluding hydrogens is 498 g/mol. The Morgan fingerprint density at radius 3 is 1.88 bits per heavy atom. The second kappa shape index (κ2) is 9.70. The van der Waals surface area contributed by atoms with E-state index in [-0.39, 0.29) is 5.41 Å². The average Bonchev–Trinajstić information content (AvgIpc) is 3.27. The molecule has 0 N–H and O–H groups in total. The molecule has 0 radical (unpaired) electrons. The van der Waals surface area contributed by atoms with Gasteiger partial charge in [-0.1, -0.05) is 123 Å². The quantitative estimate of drug-likeness (QED) is 0.214. The molecule has 0 saturated heterocycles. The lowest BCUT2D eigenvalue weighted by Crippen LogP contribution is -2.14. The third-order valence-corrected chi connectivity index (χ3v) is 8.12. The Morgan fingerprint density at radius 2 is 1.15 bits per heavy atom. The van der Waals surface area contributed by atoms with Crippen molar-refractivity contribution in [2.24, 2.45) is 0 Å². The zero-order valence-corrected chi connectivity index (χ0v) is 23.0. The summed E-state index contributed by atoms with van der Waals surface area (Å²) < 4.78 is 0. The molecule has 194 valence electrons. The maximum Gasteiger partial charge on any atom is 0.195 e. The number of hydrogen-bond acceptors (Lipinski definition) is 2. The summed E-state index contributed by atoms with van der Waals surface area (Å²) in [6.07, 6.45) is 0. The molecule has 5 aromatic carbocycles. The van der Waals surface area contributed by atoms with Crippen LogP contribution in [0.4, 0.5) is 5.69 Å². The molecule has 1 aromatic heterocycles. The van der Waals surface area contributed by atoms with Gasteiger partial charge in [0.2, 0.25) is 0 Å². The molecule has 41 heavy (non-hydrogen) atoms. The standard InChI is InChI=1S/C38H27N3/c1-38(2)31-21-20-28(23-30(31)36-32(38)18-11-19-33(36)39-3)27-16-10-17-29(22-27)35-24-34(25-12-6-4-7-13-25)40-37(41-35)26-14-8-5-9-15-26/h4-24H,1-2H3. The summed E-state index contributed by atoms with van der Waals surface area (Å²) in [5, 5.41) is 0.